The van der Waals surface area contributed by atoms with Gasteiger partial charge < -0.3 is 10.1 Å². The molecule has 1 amide bonds. The summed E-state index contributed by atoms with van der Waals surface area (Å²) in [5.74, 6) is 0.426. The third kappa shape index (κ3) is 5.91. The third-order valence-corrected chi connectivity index (χ3v) is 5.21. The van der Waals surface area contributed by atoms with Crippen molar-refractivity contribution in [2.24, 2.45) is 0 Å². The van der Waals surface area contributed by atoms with Crippen molar-refractivity contribution in [1.82, 2.24) is 14.8 Å². The molecule has 0 radical (unpaired) electrons. The van der Waals surface area contributed by atoms with Crippen LogP contribution in [0.1, 0.15) is 18.9 Å². The Morgan fingerprint density at radius 3 is 2.59 bits per heavy atom. The van der Waals surface area contributed by atoms with E-state index >= 15 is 0 Å². The van der Waals surface area contributed by atoms with Crippen molar-refractivity contribution in [2.75, 3.05) is 11.1 Å². The zero-order valence-electron chi connectivity index (χ0n) is 17.1. The number of carbonyl (C=O) groups is 1. The molecular formula is C21H20FN5O4S. The molecule has 1 unspecified atom stereocenters. The number of nitrogens with zero attached hydrogens (tertiary/aromatic N) is 4. The summed E-state index contributed by atoms with van der Waals surface area (Å²) in [5, 5.41) is 22.2. The van der Waals surface area contributed by atoms with E-state index in [0.29, 0.717) is 29.0 Å². The fourth-order valence-electron chi connectivity index (χ4n) is 2.77. The summed E-state index contributed by atoms with van der Waals surface area (Å²) < 4.78 is 20.7. The number of anilines is 1. The van der Waals surface area contributed by atoms with E-state index in [1.54, 1.807) is 17.6 Å². The molecule has 0 fully saturated rings. The Labute approximate surface area is 187 Å². The number of non-ortho nitro benzene ring substituents is 1. The Balaban J connectivity index is 1.64. The Morgan fingerprint density at radius 2 is 1.97 bits per heavy atom. The number of benzene rings is 2. The highest BCUT2D eigenvalue weighted by Gasteiger charge is 2.20. The van der Waals surface area contributed by atoms with Crippen LogP contribution in [0.3, 0.4) is 0 Å². The molecule has 32 heavy (non-hydrogen) atoms. The molecular weight excluding hydrogens is 437 g/mol. The molecule has 3 rings (SSSR count). The van der Waals surface area contributed by atoms with Gasteiger partial charge in [0.2, 0.25) is 5.91 Å². The molecule has 11 heteroatoms. The Bertz CT molecular complexity index is 1100. The SMILES string of the molecule is C=CCn1c(SCC(=O)Nc2ccc([N+](=O)[O-])cc2)nnc1C(C)Oc1ccc(F)cc1. The van der Waals surface area contributed by atoms with E-state index in [2.05, 4.69) is 22.1 Å². The number of carbonyl (C=O) groups excluding carboxylic acids is 1. The predicted molar refractivity (Wildman–Crippen MR) is 118 cm³/mol. The quantitative estimate of drug-likeness (QED) is 0.208. The molecule has 9 nitrogen and oxygen atoms in total. The van der Waals surface area contributed by atoms with Gasteiger partial charge in [0.25, 0.3) is 5.69 Å². The first-order valence-electron chi connectivity index (χ1n) is 9.50. The summed E-state index contributed by atoms with van der Waals surface area (Å²) in [5.41, 5.74) is 0.398. The van der Waals surface area contributed by atoms with Crippen LogP contribution in [0.2, 0.25) is 0 Å². The van der Waals surface area contributed by atoms with Crippen LogP contribution >= 0.6 is 11.8 Å². The van der Waals surface area contributed by atoms with Crippen LogP contribution in [0.5, 0.6) is 5.75 Å². The van der Waals surface area contributed by atoms with Crippen molar-refractivity contribution in [1.29, 1.82) is 0 Å². The molecule has 0 saturated carbocycles. The van der Waals surface area contributed by atoms with E-state index in [0.717, 1.165) is 0 Å². The van der Waals surface area contributed by atoms with Gasteiger partial charge in [-0.15, -0.1) is 16.8 Å². The molecule has 0 saturated heterocycles. The van der Waals surface area contributed by atoms with Gasteiger partial charge in [0, 0.05) is 24.4 Å². The Morgan fingerprint density at radius 1 is 1.28 bits per heavy atom. The van der Waals surface area contributed by atoms with Crippen molar-refractivity contribution in [3.05, 3.63) is 82.9 Å². The fraction of sp³-hybridized carbons (Fsp3) is 0.190. The average Bonchev–Trinajstić information content (AvgIpc) is 3.17. The lowest BCUT2D eigenvalue weighted by atomic mass is 10.3. The van der Waals surface area contributed by atoms with Gasteiger partial charge in [0.05, 0.1) is 10.7 Å². The number of aromatic nitrogens is 3. The number of ether oxygens (including phenoxy) is 1. The van der Waals surface area contributed by atoms with Gasteiger partial charge in [-0.05, 0) is 43.3 Å². The first-order valence-corrected chi connectivity index (χ1v) is 10.5. The third-order valence-electron chi connectivity index (χ3n) is 4.24. The van der Waals surface area contributed by atoms with Crippen LogP contribution in [0, 0.1) is 15.9 Å². The van der Waals surface area contributed by atoms with Gasteiger partial charge in [-0.2, -0.15) is 0 Å². The minimum absolute atomic E-state index is 0.0550. The van der Waals surface area contributed by atoms with E-state index in [1.165, 1.54) is 60.3 Å². The lowest BCUT2D eigenvalue weighted by Gasteiger charge is -2.15. The normalized spacial score (nSPS) is 11.6. The van der Waals surface area contributed by atoms with E-state index in [1.807, 2.05) is 0 Å². The van der Waals surface area contributed by atoms with Crippen LogP contribution in [0.4, 0.5) is 15.8 Å². The van der Waals surface area contributed by atoms with E-state index in [9.17, 15) is 19.3 Å². The molecule has 2 aromatic carbocycles. The largest absolute Gasteiger partial charge is 0.483 e. The zero-order chi connectivity index (χ0) is 23.1. The number of thioether (sulfide) groups is 1. The summed E-state index contributed by atoms with van der Waals surface area (Å²) in [6, 6.07) is 11.2. The van der Waals surface area contributed by atoms with Crippen LogP contribution in [0.15, 0.2) is 66.3 Å². The maximum Gasteiger partial charge on any atom is 0.269 e. The number of nitrogens with one attached hydrogen (secondary N) is 1. The van der Waals surface area contributed by atoms with Crippen molar-refractivity contribution in [3.63, 3.8) is 0 Å². The lowest BCUT2D eigenvalue weighted by molar-refractivity contribution is -0.384. The maximum atomic E-state index is 13.1. The standard InChI is InChI=1S/C21H20FN5O4S/c1-3-12-26-20(14(2)31-18-10-4-15(22)5-11-18)24-25-21(26)32-13-19(28)23-16-6-8-17(9-7-16)27(29)30/h3-11,14H,1,12-13H2,2H3,(H,23,28). The monoisotopic (exact) mass is 457 g/mol. The number of hydrogen-bond acceptors (Lipinski definition) is 7. The molecule has 3 aromatic rings. The molecule has 1 heterocycles. The van der Waals surface area contributed by atoms with Crippen molar-refractivity contribution in [3.8, 4) is 5.75 Å². The van der Waals surface area contributed by atoms with Crippen molar-refractivity contribution in [2.45, 2.75) is 24.7 Å². The van der Waals surface area contributed by atoms with E-state index in [4.69, 9.17) is 4.74 Å². The number of amides is 1. The number of nitro benzene ring substituents is 1. The second-order valence-corrected chi connectivity index (χ2v) is 7.54. The molecule has 1 aromatic heterocycles. The fourth-order valence-corrected chi connectivity index (χ4v) is 3.53. The molecule has 1 N–H and O–H groups in total. The van der Waals surface area contributed by atoms with Gasteiger partial charge in [-0.3, -0.25) is 19.5 Å². The summed E-state index contributed by atoms with van der Waals surface area (Å²) in [6.45, 7) is 5.95. The molecule has 166 valence electrons. The number of rotatable bonds is 10. The Hall–Kier alpha value is -3.73. The van der Waals surface area contributed by atoms with Gasteiger partial charge in [0.15, 0.2) is 17.1 Å². The van der Waals surface area contributed by atoms with Crippen LogP contribution in [-0.2, 0) is 11.3 Å². The van der Waals surface area contributed by atoms with Gasteiger partial charge in [-0.25, -0.2) is 4.39 Å². The van der Waals surface area contributed by atoms with Gasteiger partial charge >= 0.3 is 0 Å². The first-order chi connectivity index (χ1) is 15.4. The first kappa shape index (κ1) is 22.9. The molecule has 1 atom stereocenters. The highest BCUT2D eigenvalue weighted by molar-refractivity contribution is 7.99. The molecule has 0 aliphatic carbocycles. The highest BCUT2D eigenvalue weighted by atomic mass is 32.2. The predicted octanol–water partition coefficient (Wildman–Crippen LogP) is 4.38. The Kier molecular flexibility index (Phi) is 7.55. The van der Waals surface area contributed by atoms with Gasteiger partial charge in [-0.1, -0.05) is 17.8 Å². The lowest BCUT2D eigenvalue weighted by Crippen LogP contribution is -2.15. The molecule has 0 aliphatic heterocycles. The van der Waals surface area contributed by atoms with Crippen molar-refractivity contribution < 1.29 is 18.8 Å². The maximum absolute atomic E-state index is 13.1. The number of halogens is 1. The number of hydrogen-bond donors (Lipinski definition) is 1. The van der Waals surface area contributed by atoms with Gasteiger partial charge in [0.1, 0.15) is 11.6 Å². The summed E-state index contributed by atoms with van der Waals surface area (Å²) in [7, 11) is 0. The van der Waals surface area contributed by atoms with E-state index in [-0.39, 0.29) is 23.2 Å². The van der Waals surface area contributed by atoms with Crippen LogP contribution in [-0.4, -0.2) is 31.3 Å². The molecule has 0 bridgehead atoms. The van der Waals surface area contributed by atoms with Crippen molar-refractivity contribution >= 4 is 29.0 Å². The second-order valence-electron chi connectivity index (χ2n) is 6.59. The minimum atomic E-state index is -0.508. The minimum Gasteiger partial charge on any atom is -0.483 e. The average molecular weight is 457 g/mol. The zero-order valence-corrected chi connectivity index (χ0v) is 17.9. The molecule has 0 spiro atoms. The van der Waals surface area contributed by atoms with Crippen LogP contribution in [0.25, 0.3) is 0 Å². The topological polar surface area (TPSA) is 112 Å². The summed E-state index contributed by atoms with van der Waals surface area (Å²) in [4.78, 5) is 22.5. The number of nitro groups is 1. The van der Waals surface area contributed by atoms with Crippen LogP contribution < -0.4 is 10.1 Å². The summed E-state index contributed by atoms with van der Waals surface area (Å²) >= 11 is 1.19. The summed E-state index contributed by atoms with van der Waals surface area (Å²) in [6.07, 6.45) is 1.20. The smallest absolute Gasteiger partial charge is 0.269 e. The highest BCUT2D eigenvalue weighted by Crippen LogP contribution is 2.25. The second kappa shape index (κ2) is 10.5. The molecule has 0 aliphatic rings. The number of allylic oxidation sites excluding steroid dienone is 1. The van der Waals surface area contributed by atoms with E-state index < -0.39 is 11.0 Å².